The average Bonchev–Trinajstić information content (AvgIpc) is 2.51. The van der Waals surface area contributed by atoms with Gasteiger partial charge in [-0.3, -0.25) is 9.69 Å². The molecule has 23 heavy (non-hydrogen) atoms. The van der Waals surface area contributed by atoms with Gasteiger partial charge in [0, 0.05) is 9.79 Å². The molecule has 1 amide bonds. The number of hydrogen-bond acceptors (Lipinski definition) is 2. The summed E-state index contributed by atoms with van der Waals surface area (Å²) in [6, 6.07) is 10.7. The zero-order valence-corrected chi connectivity index (χ0v) is 12.9. The largest absolute Gasteiger partial charge is 0.416 e. The van der Waals surface area contributed by atoms with Crippen molar-refractivity contribution >= 4 is 29.0 Å². The molecule has 0 aliphatic carbocycles. The molecule has 120 valence electrons. The van der Waals surface area contributed by atoms with Crippen LogP contribution < -0.4 is 10.6 Å². The Labute approximate surface area is 135 Å². The monoisotopic (exact) mass is 339 g/mol. The molecule has 0 unspecified atom stereocenters. The van der Waals surface area contributed by atoms with E-state index >= 15 is 0 Å². The third kappa shape index (κ3) is 2.94. The minimum atomic E-state index is -4.45. The van der Waals surface area contributed by atoms with Crippen LogP contribution in [0, 0.1) is 0 Å². The molecule has 3 N–H and O–H groups in total. The van der Waals surface area contributed by atoms with Crippen LogP contribution in [0.2, 0.25) is 0 Å². The van der Waals surface area contributed by atoms with Gasteiger partial charge in [-0.2, -0.15) is 13.2 Å². The summed E-state index contributed by atoms with van der Waals surface area (Å²) in [7, 11) is 0. The molecular formula is C16H14F3N2OS+. The first-order chi connectivity index (χ1) is 10.9. The second kappa shape index (κ2) is 5.90. The van der Waals surface area contributed by atoms with Gasteiger partial charge in [0.05, 0.1) is 29.9 Å². The van der Waals surface area contributed by atoms with E-state index in [-0.39, 0.29) is 18.0 Å². The van der Waals surface area contributed by atoms with Gasteiger partial charge >= 0.3 is 6.18 Å². The zero-order chi connectivity index (χ0) is 16.6. The Balaban J connectivity index is 2.16. The van der Waals surface area contributed by atoms with Crippen LogP contribution in [0.3, 0.4) is 0 Å². The van der Waals surface area contributed by atoms with E-state index in [4.69, 9.17) is 0 Å². The molecule has 3 rings (SSSR count). The van der Waals surface area contributed by atoms with E-state index in [1.54, 1.807) is 12.1 Å². The molecule has 1 aliphatic rings. The molecule has 7 heteroatoms. The van der Waals surface area contributed by atoms with Gasteiger partial charge in [0.15, 0.2) is 0 Å². The van der Waals surface area contributed by atoms with Gasteiger partial charge in [-0.1, -0.05) is 23.9 Å². The van der Waals surface area contributed by atoms with Crippen molar-refractivity contribution in [2.45, 2.75) is 22.4 Å². The molecular weight excluding hydrogens is 325 g/mol. The second-order valence-corrected chi connectivity index (χ2v) is 6.17. The Hall–Kier alpha value is -1.99. The molecule has 2 aromatic carbocycles. The quantitative estimate of drug-likeness (QED) is 0.911. The average molecular weight is 339 g/mol. The lowest BCUT2D eigenvalue weighted by atomic mass is 10.1. The molecule has 0 spiro atoms. The molecule has 0 fully saturated rings. The number of quaternary nitrogens is 1. The highest BCUT2D eigenvalue weighted by atomic mass is 32.2. The normalized spacial score (nSPS) is 13.5. The van der Waals surface area contributed by atoms with E-state index in [1.807, 2.05) is 12.1 Å². The highest BCUT2D eigenvalue weighted by Gasteiger charge is 2.34. The van der Waals surface area contributed by atoms with E-state index in [1.165, 1.54) is 22.7 Å². The van der Waals surface area contributed by atoms with Gasteiger partial charge in [0.1, 0.15) is 0 Å². The van der Waals surface area contributed by atoms with Crippen molar-refractivity contribution in [1.82, 2.24) is 0 Å². The number of para-hydroxylation sites is 1. The number of anilines is 2. The maximum atomic E-state index is 13.0. The van der Waals surface area contributed by atoms with E-state index < -0.39 is 11.7 Å². The fourth-order valence-corrected chi connectivity index (χ4v) is 3.50. The van der Waals surface area contributed by atoms with Crippen LogP contribution in [0.4, 0.5) is 24.5 Å². The fraction of sp³-hybridized carbons (Fsp3) is 0.188. The van der Waals surface area contributed by atoms with Crippen molar-refractivity contribution < 1.29 is 23.7 Å². The maximum Gasteiger partial charge on any atom is 0.416 e. The Morgan fingerprint density at radius 2 is 1.78 bits per heavy atom. The lowest BCUT2D eigenvalue weighted by Crippen LogP contribution is -2.52. The Kier molecular flexibility index (Phi) is 4.08. The van der Waals surface area contributed by atoms with Crippen LogP contribution in [-0.4, -0.2) is 12.5 Å². The van der Waals surface area contributed by atoms with Crippen LogP contribution in [0.1, 0.15) is 12.0 Å². The van der Waals surface area contributed by atoms with Gasteiger partial charge in [0.2, 0.25) is 5.91 Å². The smallest absolute Gasteiger partial charge is 0.357 e. The number of rotatable bonds is 2. The van der Waals surface area contributed by atoms with E-state index in [0.29, 0.717) is 17.1 Å². The van der Waals surface area contributed by atoms with Crippen LogP contribution in [0.25, 0.3) is 0 Å². The third-order valence-corrected chi connectivity index (χ3v) is 4.62. The Bertz CT molecular complexity index is 761. The van der Waals surface area contributed by atoms with Gasteiger partial charge in [-0.25, -0.2) is 0 Å². The van der Waals surface area contributed by atoms with Crippen LogP contribution in [0.15, 0.2) is 52.3 Å². The van der Waals surface area contributed by atoms with E-state index in [0.717, 1.165) is 17.0 Å². The van der Waals surface area contributed by atoms with Crippen LogP contribution in [-0.2, 0) is 11.0 Å². The molecule has 2 aromatic rings. The van der Waals surface area contributed by atoms with Gasteiger partial charge in [-0.15, -0.1) is 0 Å². The molecule has 0 atom stereocenters. The molecule has 0 bridgehead atoms. The molecule has 1 aliphatic heterocycles. The predicted octanol–water partition coefficient (Wildman–Crippen LogP) is 3.47. The topological polar surface area (TPSA) is 48.0 Å². The number of amides is 1. The number of alkyl halides is 3. The molecule has 3 nitrogen and oxygen atoms in total. The summed E-state index contributed by atoms with van der Waals surface area (Å²) < 4.78 is 39.0. The van der Waals surface area contributed by atoms with Gasteiger partial charge < -0.3 is 5.73 Å². The first-order valence-corrected chi connectivity index (χ1v) is 7.84. The van der Waals surface area contributed by atoms with Crippen molar-refractivity contribution in [3.63, 3.8) is 0 Å². The zero-order valence-electron chi connectivity index (χ0n) is 12.1. The van der Waals surface area contributed by atoms with Crippen molar-refractivity contribution in [3.05, 3.63) is 48.0 Å². The van der Waals surface area contributed by atoms with E-state index in [2.05, 4.69) is 5.73 Å². The lowest BCUT2D eigenvalue weighted by Gasteiger charge is -2.31. The molecule has 0 radical (unpaired) electrons. The van der Waals surface area contributed by atoms with E-state index in [9.17, 15) is 18.0 Å². The SMILES string of the molecule is [NH3+]CCC(=O)N1c2ccccc2Sc2ccc(C(F)(F)F)cc21. The Morgan fingerprint density at radius 1 is 1.09 bits per heavy atom. The molecule has 0 saturated heterocycles. The third-order valence-electron chi connectivity index (χ3n) is 3.49. The number of nitrogens with zero attached hydrogens (tertiary/aromatic N) is 1. The highest BCUT2D eigenvalue weighted by molar-refractivity contribution is 7.99. The lowest BCUT2D eigenvalue weighted by molar-refractivity contribution is -0.366. The summed E-state index contributed by atoms with van der Waals surface area (Å²) in [5, 5.41) is 0. The number of hydrogen-bond donors (Lipinski definition) is 1. The first-order valence-electron chi connectivity index (χ1n) is 7.02. The summed E-state index contributed by atoms with van der Waals surface area (Å²) >= 11 is 1.36. The Morgan fingerprint density at radius 3 is 2.48 bits per heavy atom. The number of carbonyl (C=O) groups excluding carboxylic acids is 1. The molecule has 1 heterocycles. The van der Waals surface area contributed by atoms with Crippen LogP contribution in [0.5, 0.6) is 0 Å². The van der Waals surface area contributed by atoms with Crippen molar-refractivity contribution in [2.24, 2.45) is 0 Å². The van der Waals surface area contributed by atoms with Crippen LogP contribution >= 0.6 is 11.8 Å². The minimum Gasteiger partial charge on any atom is -0.357 e. The maximum absolute atomic E-state index is 13.0. The summed E-state index contributed by atoms with van der Waals surface area (Å²) in [6.45, 7) is 0.388. The second-order valence-electron chi connectivity index (χ2n) is 5.08. The standard InChI is InChI=1S/C16H13F3N2OS/c17-16(18,19)10-5-6-14-12(9-10)21(15(22)7-8-20)11-3-1-2-4-13(11)23-14/h1-6,9H,7-8,20H2/p+1. The first kappa shape index (κ1) is 15.9. The number of halogens is 3. The predicted molar refractivity (Wildman–Crippen MR) is 81.5 cm³/mol. The van der Waals surface area contributed by atoms with Crippen molar-refractivity contribution in [2.75, 3.05) is 11.4 Å². The number of benzene rings is 2. The van der Waals surface area contributed by atoms with Gasteiger partial charge in [0.25, 0.3) is 0 Å². The summed E-state index contributed by atoms with van der Waals surface area (Å²) in [5.74, 6) is -0.256. The van der Waals surface area contributed by atoms with Crippen molar-refractivity contribution in [3.8, 4) is 0 Å². The number of fused-ring (bicyclic) bond motifs is 2. The highest BCUT2D eigenvalue weighted by Crippen LogP contribution is 2.49. The summed E-state index contributed by atoms with van der Waals surface area (Å²) in [5.41, 5.74) is 3.79. The summed E-state index contributed by atoms with van der Waals surface area (Å²) in [4.78, 5) is 15.3. The van der Waals surface area contributed by atoms with Crippen molar-refractivity contribution in [1.29, 1.82) is 0 Å². The number of carbonyl (C=O) groups is 1. The molecule has 0 aromatic heterocycles. The fourth-order valence-electron chi connectivity index (χ4n) is 2.46. The molecule has 0 saturated carbocycles. The summed E-state index contributed by atoms with van der Waals surface area (Å²) in [6.07, 6.45) is -4.27. The van der Waals surface area contributed by atoms with Gasteiger partial charge in [-0.05, 0) is 30.3 Å². The minimum absolute atomic E-state index is 0.175.